The zero-order valence-electron chi connectivity index (χ0n) is 14.0. The lowest BCUT2D eigenvalue weighted by atomic mass is 9.98. The van der Waals surface area contributed by atoms with Crippen LogP contribution in [-0.2, 0) is 9.47 Å². The first kappa shape index (κ1) is 15.3. The van der Waals surface area contributed by atoms with Crippen molar-refractivity contribution in [2.24, 2.45) is 0 Å². The van der Waals surface area contributed by atoms with Crippen molar-refractivity contribution in [1.82, 2.24) is 0 Å². The van der Waals surface area contributed by atoms with Crippen LogP contribution < -0.4 is 14.2 Å². The van der Waals surface area contributed by atoms with Gasteiger partial charge in [0.1, 0.15) is 5.75 Å². The number of ether oxygens (including phenoxy) is 5. The molecule has 0 amide bonds. The van der Waals surface area contributed by atoms with Gasteiger partial charge in [-0.2, -0.15) is 0 Å². The van der Waals surface area contributed by atoms with Crippen LogP contribution in [0, 0.1) is 0 Å². The van der Waals surface area contributed by atoms with E-state index in [2.05, 4.69) is 0 Å². The molecule has 5 heteroatoms. The highest BCUT2D eigenvalue weighted by atomic mass is 16.8. The van der Waals surface area contributed by atoms with Gasteiger partial charge in [0, 0.05) is 10.8 Å². The molecule has 0 spiro atoms. The number of hydrogen-bond donors (Lipinski definition) is 0. The molecular formula is C19H20O5. The normalized spacial score (nSPS) is 21.4. The molecule has 24 heavy (non-hydrogen) atoms. The highest BCUT2D eigenvalue weighted by Gasteiger charge is 2.42. The summed E-state index contributed by atoms with van der Waals surface area (Å²) in [5.41, 5.74) is 0.867. The van der Waals surface area contributed by atoms with E-state index in [1.54, 1.807) is 14.2 Å². The third kappa shape index (κ3) is 2.16. The van der Waals surface area contributed by atoms with Gasteiger partial charge in [-0.3, -0.25) is 0 Å². The van der Waals surface area contributed by atoms with Crippen molar-refractivity contribution in [2.75, 3.05) is 27.4 Å². The summed E-state index contributed by atoms with van der Waals surface area (Å²) in [6, 6.07) is 7.96. The molecule has 126 valence electrons. The fourth-order valence-electron chi connectivity index (χ4n) is 3.39. The first-order valence-corrected chi connectivity index (χ1v) is 7.97. The second-order valence-corrected chi connectivity index (χ2v) is 5.97. The van der Waals surface area contributed by atoms with Gasteiger partial charge in [0.15, 0.2) is 17.6 Å². The molecule has 0 N–H and O–H groups in total. The molecule has 1 saturated heterocycles. The third-order valence-electron chi connectivity index (χ3n) is 4.58. The van der Waals surface area contributed by atoms with E-state index in [1.165, 1.54) is 0 Å². The van der Waals surface area contributed by atoms with E-state index < -0.39 is 5.79 Å². The van der Waals surface area contributed by atoms with E-state index in [0.29, 0.717) is 24.7 Å². The Morgan fingerprint density at radius 3 is 2.25 bits per heavy atom. The Labute approximate surface area is 140 Å². The van der Waals surface area contributed by atoms with Crippen molar-refractivity contribution < 1.29 is 23.7 Å². The fourth-order valence-corrected chi connectivity index (χ4v) is 3.39. The number of hydrogen-bond acceptors (Lipinski definition) is 5. The average molecular weight is 328 g/mol. The molecule has 2 aliphatic heterocycles. The van der Waals surface area contributed by atoms with Gasteiger partial charge in [-0.05, 0) is 19.1 Å². The van der Waals surface area contributed by atoms with Crippen LogP contribution in [0.2, 0.25) is 0 Å². The molecule has 0 aliphatic carbocycles. The molecule has 1 fully saturated rings. The Morgan fingerprint density at radius 2 is 1.62 bits per heavy atom. The topological polar surface area (TPSA) is 46.2 Å². The van der Waals surface area contributed by atoms with Crippen molar-refractivity contribution >= 4 is 16.8 Å². The summed E-state index contributed by atoms with van der Waals surface area (Å²) in [4.78, 5) is 0. The van der Waals surface area contributed by atoms with Crippen LogP contribution in [-0.4, -0.2) is 39.3 Å². The zero-order valence-corrected chi connectivity index (χ0v) is 14.0. The van der Waals surface area contributed by atoms with Gasteiger partial charge >= 0.3 is 0 Å². The van der Waals surface area contributed by atoms with Crippen LogP contribution in [0.1, 0.15) is 12.5 Å². The maximum atomic E-state index is 6.25. The van der Waals surface area contributed by atoms with Gasteiger partial charge in [0.05, 0.1) is 33.0 Å². The Balaban J connectivity index is 1.90. The molecule has 2 heterocycles. The Hall–Kier alpha value is -2.24. The predicted molar refractivity (Wildman–Crippen MR) is 90.8 cm³/mol. The van der Waals surface area contributed by atoms with Gasteiger partial charge < -0.3 is 23.7 Å². The van der Waals surface area contributed by atoms with E-state index in [0.717, 1.165) is 22.1 Å². The predicted octanol–water partition coefficient (Wildman–Crippen LogP) is 3.39. The summed E-state index contributed by atoms with van der Waals surface area (Å²) in [6.07, 6.45) is 3.59. The molecule has 2 aromatic rings. The van der Waals surface area contributed by atoms with Crippen LogP contribution in [0.5, 0.6) is 17.2 Å². The molecule has 2 aliphatic rings. The van der Waals surface area contributed by atoms with Gasteiger partial charge in [0.25, 0.3) is 0 Å². The summed E-state index contributed by atoms with van der Waals surface area (Å²) in [5.74, 6) is 1.32. The van der Waals surface area contributed by atoms with Crippen LogP contribution in [0.15, 0.2) is 30.3 Å². The molecular weight excluding hydrogens is 308 g/mol. The monoisotopic (exact) mass is 328 g/mol. The first-order chi connectivity index (χ1) is 11.7. The largest absolute Gasteiger partial charge is 0.495 e. The number of fused-ring (bicyclic) bond motifs is 2. The van der Waals surface area contributed by atoms with Crippen LogP contribution in [0.4, 0.5) is 0 Å². The van der Waals surface area contributed by atoms with E-state index in [1.807, 2.05) is 43.3 Å². The fraction of sp³-hybridized carbons (Fsp3) is 0.368. The van der Waals surface area contributed by atoms with Crippen LogP contribution in [0.3, 0.4) is 0 Å². The molecule has 0 saturated carbocycles. The van der Waals surface area contributed by atoms with Crippen molar-refractivity contribution in [3.8, 4) is 17.2 Å². The summed E-state index contributed by atoms with van der Waals surface area (Å²) in [5, 5.41) is 1.94. The Bertz CT molecular complexity index is 805. The summed E-state index contributed by atoms with van der Waals surface area (Å²) < 4.78 is 29.1. The van der Waals surface area contributed by atoms with Crippen molar-refractivity contribution in [3.05, 3.63) is 35.9 Å². The molecule has 0 radical (unpaired) electrons. The van der Waals surface area contributed by atoms with Crippen molar-refractivity contribution in [2.45, 2.75) is 18.8 Å². The minimum atomic E-state index is -0.794. The third-order valence-corrected chi connectivity index (χ3v) is 4.58. The second-order valence-electron chi connectivity index (χ2n) is 5.97. The quantitative estimate of drug-likeness (QED) is 0.864. The minimum absolute atomic E-state index is 0.354. The number of rotatable bonds is 3. The summed E-state index contributed by atoms with van der Waals surface area (Å²) >= 11 is 0. The van der Waals surface area contributed by atoms with E-state index in [9.17, 15) is 0 Å². The molecule has 0 bridgehead atoms. The van der Waals surface area contributed by atoms with E-state index >= 15 is 0 Å². The lowest BCUT2D eigenvalue weighted by molar-refractivity contribution is -0.186. The molecule has 1 atom stereocenters. The van der Waals surface area contributed by atoms with Crippen molar-refractivity contribution in [3.63, 3.8) is 0 Å². The van der Waals surface area contributed by atoms with Crippen LogP contribution in [0.25, 0.3) is 16.8 Å². The Kier molecular flexibility index (Phi) is 3.62. The molecule has 5 nitrogen and oxygen atoms in total. The second kappa shape index (κ2) is 5.69. The Morgan fingerprint density at radius 1 is 1.00 bits per heavy atom. The maximum Gasteiger partial charge on any atom is 0.206 e. The van der Waals surface area contributed by atoms with Crippen LogP contribution >= 0.6 is 0 Å². The molecule has 4 rings (SSSR count). The smallest absolute Gasteiger partial charge is 0.206 e. The first-order valence-electron chi connectivity index (χ1n) is 7.97. The summed E-state index contributed by atoms with van der Waals surface area (Å²) in [6.45, 7) is 3.02. The average Bonchev–Trinajstić information content (AvgIpc) is 3.07. The van der Waals surface area contributed by atoms with Gasteiger partial charge in [-0.1, -0.05) is 24.3 Å². The maximum absolute atomic E-state index is 6.25. The number of methoxy groups -OCH3 is 2. The van der Waals surface area contributed by atoms with E-state index in [4.69, 9.17) is 23.7 Å². The highest BCUT2D eigenvalue weighted by Crippen LogP contribution is 2.49. The van der Waals surface area contributed by atoms with Gasteiger partial charge in [-0.25, -0.2) is 0 Å². The molecule has 0 aromatic heterocycles. The van der Waals surface area contributed by atoms with Crippen molar-refractivity contribution in [1.29, 1.82) is 0 Å². The zero-order chi connectivity index (χ0) is 16.7. The van der Waals surface area contributed by atoms with Gasteiger partial charge in [0.2, 0.25) is 5.79 Å². The van der Waals surface area contributed by atoms with E-state index in [-0.39, 0.29) is 6.10 Å². The SMILES string of the molecule is COc1c2c(c(OC)c3ccccc13)OC(C1(C)OCCO1)C=C2. The lowest BCUT2D eigenvalue weighted by Crippen LogP contribution is -2.44. The minimum Gasteiger partial charge on any atom is -0.495 e. The number of benzene rings is 2. The summed E-state index contributed by atoms with van der Waals surface area (Å²) in [7, 11) is 3.31. The highest BCUT2D eigenvalue weighted by molar-refractivity contribution is 6.00. The standard InChI is InChI=1S/C19H20O5/c1-19(22-10-11-23-19)15-9-8-14-16(20-2)12-6-4-5-7-13(12)17(21-3)18(14)24-15/h4-9,15H,10-11H2,1-3H3. The lowest BCUT2D eigenvalue weighted by Gasteiger charge is -2.34. The van der Waals surface area contributed by atoms with Gasteiger partial charge in [-0.15, -0.1) is 0 Å². The molecule has 1 unspecified atom stereocenters. The molecule has 2 aromatic carbocycles.